The molecule has 2 rings (SSSR count). The van der Waals surface area contributed by atoms with Crippen molar-refractivity contribution in [2.45, 2.75) is 26.9 Å². The summed E-state index contributed by atoms with van der Waals surface area (Å²) < 4.78 is 11.0. The summed E-state index contributed by atoms with van der Waals surface area (Å²) in [5.74, 6) is -0.957. The van der Waals surface area contributed by atoms with Gasteiger partial charge in [0.1, 0.15) is 11.5 Å². The summed E-state index contributed by atoms with van der Waals surface area (Å²) in [6.07, 6.45) is -0.151. The van der Waals surface area contributed by atoms with E-state index < -0.39 is 11.9 Å². The van der Waals surface area contributed by atoms with E-state index in [1.54, 1.807) is 24.3 Å². The number of Topliss-reactive ketones (excluding diaryl/α,β-unsaturated/α-hetero) is 1. The van der Waals surface area contributed by atoms with Crippen molar-refractivity contribution in [3.8, 4) is 11.5 Å². The second kappa shape index (κ2) is 8.84. The lowest BCUT2D eigenvalue weighted by molar-refractivity contribution is -0.118. The van der Waals surface area contributed by atoms with Crippen molar-refractivity contribution >= 4 is 23.3 Å². The molecule has 0 fully saturated rings. The van der Waals surface area contributed by atoms with E-state index in [-0.39, 0.29) is 29.7 Å². The zero-order chi connectivity index (χ0) is 20.0. The van der Waals surface area contributed by atoms with E-state index in [4.69, 9.17) is 14.6 Å². The fraction of sp³-hybridized carbons (Fsp3) is 0.250. The van der Waals surface area contributed by atoms with Crippen LogP contribution in [-0.4, -0.2) is 35.5 Å². The Morgan fingerprint density at radius 1 is 1.07 bits per heavy atom. The fourth-order valence-electron chi connectivity index (χ4n) is 2.26. The highest BCUT2D eigenvalue weighted by Crippen LogP contribution is 2.27. The molecule has 0 heterocycles. The molecule has 0 saturated heterocycles. The Morgan fingerprint density at radius 2 is 1.81 bits per heavy atom. The smallest absolute Gasteiger partial charge is 0.335 e. The van der Waals surface area contributed by atoms with Gasteiger partial charge in [0.15, 0.2) is 12.4 Å². The highest BCUT2D eigenvalue weighted by atomic mass is 16.5. The van der Waals surface area contributed by atoms with Crippen LogP contribution in [0, 0.1) is 0 Å². The number of carboxylic acids is 1. The van der Waals surface area contributed by atoms with E-state index in [1.165, 1.54) is 25.1 Å². The average Bonchev–Trinajstić information content (AvgIpc) is 2.61. The number of ether oxygens (including phenoxy) is 2. The molecule has 2 aromatic rings. The maximum Gasteiger partial charge on any atom is 0.335 e. The molecule has 2 N–H and O–H groups in total. The first-order valence-electron chi connectivity index (χ1n) is 8.34. The number of carbonyl (C=O) groups excluding carboxylic acids is 2. The molecule has 7 nitrogen and oxygen atoms in total. The largest absolute Gasteiger partial charge is 0.489 e. The van der Waals surface area contributed by atoms with Crippen LogP contribution in [0.25, 0.3) is 0 Å². The first kappa shape index (κ1) is 20.0. The van der Waals surface area contributed by atoms with Crippen LogP contribution in [0.15, 0.2) is 42.5 Å². The number of carbonyl (C=O) groups is 3. The molecule has 27 heavy (non-hydrogen) atoms. The molecule has 0 saturated carbocycles. The summed E-state index contributed by atoms with van der Waals surface area (Å²) >= 11 is 0. The third kappa shape index (κ3) is 5.85. The molecule has 0 aliphatic heterocycles. The van der Waals surface area contributed by atoms with Crippen LogP contribution in [0.5, 0.6) is 11.5 Å². The zero-order valence-corrected chi connectivity index (χ0v) is 15.3. The lowest BCUT2D eigenvalue weighted by atomic mass is 10.1. The number of aromatic carboxylic acids is 1. The number of benzene rings is 2. The lowest BCUT2D eigenvalue weighted by Crippen LogP contribution is -2.21. The number of rotatable bonds is 8. The van der Waals surface area contributed by atoms with Gasteiger partial charge in [-0.25, -0.2) is 4.79 Å². The van der Waals surface area contributed by atoms with E-state index >= 15 is 0 Å². The number of ketones is 1. The summed E-state index contributed by atoms with van der Waals surface area (Å²) in [5, 5.41) is 11.7. The Balaban J connectivity index is 2.09. The molecule has 0 aliphatic carbocycles. The second-order valence-electron chi connectivity index (χ2n) is 6.10. The molecule has 0 aliphatic rings. The van der Waals surface area contributed by atoms with Gasteiger partial charge in [0.05, 0.1) is 17.4 Å². The highest BCUT2D eigenvalue weighted by molar-refractivity contribution is 5.96. The normalized spacial score (nSPS) is 10.4. The summed E-state index contributed by atoms with van der Waals surface area (Å²) in [4.78, 5) is 34.8. The minimum absolute atomic E-state index is 0.0245. The summed E-state index contributed by atoms with van der Waals surface area (Å²) in [6.45, 7) is 4.78. The number of anilines is 1. The molecule has 2 aromatic carbocycles. The SMILES string of the molecule is CC(=O)c1cccc(OCC(=O)Nc2cc(C(=O)O)ccc2OC(C)C)c1. The Bertz CT molecular complexity index is 859. The van der Waals surface area contributed by atoms with Gasteiger partial charge in [0.2, 0.25) is 0 Å². The Labute approximate surface area is 156 Å². The molecule has 0 atom stereocenters. The van der Waals surface area contributed by atoms with E-state index in [2.05, 4.69) is 5.32 Å². The van der Waals surface area contributed by atoms with Crippen molar-refractivity contribution in [3.63, 3.8) is 0 Å². The van der Waals surface area contributed by atoms with Gasteiger partial charge in [-0.05, 0) is 51.1 Å². The third-order valence-electron chi connectivity index (χ3n) is 3.47. The van der Waals surface area contributed by atoms with Crippen LogP contribution in [-0.2, 0) is 4.79 Å². The summed E-state index contributed by atoms with van der Waals surface area (Å²) in [7, 11) is 0. The first-order valence-corrected chi connectivity index (χ1v) is 8.34. The van der Waals surface area contributed by atoms with Crippen LogP contribution < -0.4 is 14.8 Å². The molecular weight excluding hydrogens is 350 g/mol. The second-order valence-corrected chi connectivity index (χ2v) is 6.10. The first-order chi connectivity index (χ1) is 12.8. The number of hydrogen-bond acceptors (Lipinski definition) is 5. The van der Waals surface area contributed by atoms with Crippen LogP contribution >= 0.6 is 0 Å². The van der Waals surface area contributed by atoms with Gasteiger partial charge >= 0.3 is 5.97 Å². The van der Waals surface area contributed by atoms with Gasteiger partial charge < -0.3 is 19.9 Å². The Kier molecular flexibility index (Phi) is 6.54. The molecule has 0 aromatic heterocycles. The van der Waals surface area contributed by atoms with Gasteiger partial charge in [0, 0.05) is 5.56 Å². The van der Waals surface area contributed by atoms with Crippen molar-refractivity contribution in [3.05, 3.63) is 53.6 Å². The monoisotopic (exact) mass is 371 g/mol. The van der Waals surface area contributed by atoms with Gasteiger partial charge in [-0.2, -0.15) is 0 Å². The van der Waals surface area contributed by atoms with Crippen LogP contribution in [0.4, 0.5) is 5.69 Å². The molecule has 0 radical (unpaired) electrons. The third-order valence-corrected chi connectivity index (χ3v) is 3.47. The van der Waals surface area contributed by atoms with E-state index in [1.807, 2.05) is 13.8 Å². The molecule has 7 heteroatoms. The van der Waals surface area contributed by atoms with Crippen LogP contribution in [0.2, 0.25) is 0 Å². The standard InChI is InChI=1S/C20H21NO6/c1-12(2)27-18-8-7-15(20(24)25)10-17(18)21-19(23)11-26-16-6-4-5-14(9-16)13(3)22/h4-10,12H,11H2,1-3H3,(H,21,23)(H,24,25). The molecule has 0 spiro atoms. The van der Waals surface area contributed by atoms with Crippen molar-refractivity contribution < 1.29 is 29.0 Å². The van der Waals surface area contributed by atoms with Crippen molar-refractivity contribution in [2.75, 3.05) is 11.9 Å². The predicted octanol–water partition coefficient (Wildman–Crippen LogP) is 3.39. The number of carboxylic acid groups (broad SMARTS) is 1. The zero-order valence-electron chi connectivity index (χ0n) is 15.3. The average molecular weight is 371 g/mol. The van der Waals surface area contributed by atoms with Crippen LogP contribution in [0.3, 0.4) is 0 Å². The van der Waals surface area contributed by atoms with E-state index in [0.717, 1.165) is 0 Å². The quantitative estimate of drug-likeness (QED) is 0.690. The number of nitrogens with one attached hydrogen (secondary N) is 1. The van der Waals surface area contributed by atoms with Gasteiger partial charge in [-0.3, -0.25) is 9.59 Å². The summed E-state index contributed by atoms with van der Waals surface area (Å²) in [6, 6.07) is 10.7. The van der Waals surface area contributed by atoms with Crippen molar-refractivity contribution in [1.29, 1.82) is 0 Å². The lowest BCUT2D eigenvalue weighted by Gasteiger charge is -2.16. The molecule has 1 amide bonds. The molecule has 0 bridgehead atoms. The minimum atomic E-state index is -1.11. The predicted molar refractivity (Wildman–Crippen MR) is 99.7 cm³/mol. The molecule has 142 valence electrons. The van der Waals surface area contributed by atoms with E-state index in [9.17, 15) is 14.4 Å². The summed E-state index contributed by atoms with van der Waals surface area (Å²) in [5.41, 5.74) is 0.751. The van der Waals surface area contributed by atoms with Crippen LogP contribution in [0.1, 0.15) is 41.5 Å². The maximum atomic E-state index is 12.2. The topological polar surface area (TPSA) is 102 Å². The molecule has 0 unspecified atom stereocenters. The van der Waals surface area contributed by atoms with E-state index in [0.29, 0.717) is 17.1 Å². The fourth-order valence-corrected chi connectivity index (χ4v) is 2.26. The van der Waals surface area contributed by atoms with Crippen molar-refractivity contribution in [2.24, 2.45) is 0 Å². The number of hydrogen-bond donors (Lipinski definition) is 2. The van der Waals surface area contributed by atoms with Gasteiger partial charge in [-0.15, -0.1) is 0 Å². The van der Waals surface area contributed by atoms with Crippen molar-refractivity contribution in [1.82, 2.24) is 0 Å². The maximum absolute atomic E-state index is 12.2. The Hall–Kier alpha value is -3.35. The van der Waals surface area contributed by atoms with Gasteiger partial charge in [0.25, 0.3) is 5.91 Å². The Morgan fingerprint density at radius 3 is 2.44 bits per heavy atom. The minimum Gasteiger partial charge on any atom is -0.489 e. The van der Waals surface area contributed by atoms with Gasteiger partial charge in [-0.1, -0.05) is 12.1 Å². The number of amides is 1. The highest BCUT2D eigenvalue weighted by Gasteiger charge is 2.14. The molecular formula is C20H21NO6.